The molecule has 3 aromatic rings. The zero-order valence-corrected chi connectivity index (χ0v) is 18.8. The normalized spacial score (nSPS) is 10.7. The smallest absolute Gasteiger partial charge is 0.295 e. The molecule has 1 aromatic heterocycles. The van der Waals surface area contributed by atoms with Gasteiger partial charge in [-0.2, -0.15) is 4.98 Å². The minimum absolute atomic E-state index is 0.103. The van der Waals surface area contributed by atoms with Crippen LogP contribution in [0.3, 0.4) is 0 Å². The Bertz CT molecular complexity index is 1100. The molecular weight excluding hydrogens is 410 g/mol. The number of nitrogens with zero attached hydrogens (tertiary/aromatic N) is 1. The highest BCUT2D eigenvalue weighted by atomic mass is 16.5. The van der Waals surface area contributed by atoms with Crippen LogP contribution in [0, 0.1) is 6.92 Å². The Morgan fingerprint density at radius 1 is 1.12 bits per heavy atom. The second kappa shape index (κ2) is 10.00. The number of carbonyl (C=O) groups excluding carboxylic acids is 2. The van der Waals surface area contributed by atoms with Crippen molar-refractivity contribution in [3.63, 3.8) is 0 Å². The number of Topliss-reactive ketones (excluding diaryl/α,β-unsaturated/α-hetero) is 1. The molecule has 8 heteroatoms. The van der Waals surface area contributed by atoms with Crippen molar-refractivity contribution in [1.82, 2.24) is 4.98 Å². The summed E-state index contributed by atoms with van der Waals surface area (Å²) >= 11 is 0. The minimum atomic E-state index is -0.483. The van der Waals surface area contributed by atoms with Crippen molar-refractivity contribution in [3.05, 3.63) is 65.0 Å². The Morgan fingerprint density at radius 2 is 1.84 bits per heavy atom. The van der Waals surface area contributed by atoms with Gasteiger partial charge in [-0.05, 0) is 57.5 Å². The van der Waals surface area contributed by atoms with Crippen molar-refractivity contribution in [2.24, 2.45) is 0 Å². The molecule has 8 nitrogen and oxygen atoms in total. The third-order valence-corrected chi connectivity index (χ3v) is 4.74. The van der Waals surface area contributed by atoms with Crippen LogP contribution in [-0.4, -0.2) is 29.8 Å². The number of ether oxygens (including phenoxy) is 2. The first-order valence-corrected chi connectivity index (χ1v) is 10.2. The van der Waals surface area contributed by atoms with E-state index in [9.17, 15) is 9.59 Å². The van der Waals surface area contributed by atoms with E-state index in [2.05, 4.69) is 15.6 Å². The summed E-state index contributed by atoms with van der Waals surface area (Å²) in [7, 11) is 1.61. The molecule has 0 unspecified atom stereocenters. The second-order valence-corrected chi connectivity index (χ2v) is 7.60. The van der Waals surface area contributed by atoms with Gasteiger partial charge in [0.25, 0.3) is 11.9 Å². The molecule has 1 amide bonds. The Balaban J connectivity index is 1.81. The molecule has 0 atom stereocenters. The molecule has 0 saturated heterocycles. The first-order chi connectivity index (χ1) is 15.3. The van der Waals surface area contributed by atoms with Crippen LogP contribution >= 0.6 is 0 Å². The van der Waals surface area contributed by atoms with E-state index in [4.69, 9.17) is 13.9 Å². The van der Waals surface area contributed by atoms with E-state index in [1.807, 2.05) is 38.1 Å². The van der Waals surface area contributed by atoms with E-state index < -0.39 is 5.91 Å². The van der Waals surface area contributed by atoms with Crippen molar-refractivity contribution in [1.29, 1.82) is 0 Å². The number of oxazole rings is 1. The quantitative estimate of drug-likeness (QED) is 0.462. The van der Waals surface area contributed by atoms with Gasteiger partial charge in [0, 0.05) is 17.2 Å². The molecule has 0 aliphatic heterocycles. The average molecular weight is 437 g/mol. The summed E-state index contributed by atoms with van der Waals surface area (Å²) < 4.78 is 16.4. The average Bonchev–Trinajstić information content (AvgIpc) is 3.22. The van der Waals surface area contributed by atoms with Gasteiger partial charge in [0.1, 0.15) is 24.4 Å². The molecule has 168 valence electrons. The van der Waals surface area contributed by atoms with Crippen LogP contribution in [0.4, 0.5) is 11.7 Å². The van der Waals surface area contributed by atoms with Gasteiger partial charge in [-0.3, -0.25) is 9.59 Å². The number of hydrogen-bond acceptors (Lipinski definition) is 7. The number of ketones is 1. The molecule has 0 spiro atoms. The molecule has 0 radical (unpaired) electrons. The van der Waals surface area contributed by atoms with Gasteiger partial charge >= 0.3 is 0 Å². The van der Waals surface area contributed by atoms with E-state index in [-0.39, 0.29) is 23.5 Å². The Labute approximate surface area is 186 Å². The lowest BCUT2D eigenvalue weighted by Crippen LogP contribution is -2.17. The van der Waals surface area contributed by atoms with E-state index in [1.165, 1.54) is 13.2 Å². The third-order valence-electron chi connectivity index (χ3n) is 4.74. The van der Waals surface area contributed by atoms with Crippen molar-refractivity contribution >= 4 is 23.4 Å². The van der Waals surface area contributed by atoms with E-state index >= 15 is 0 Å². The Hall–Kier alpha value is -3.81. The van der Waals surface area contributed by atoms with Gasteiger partial charge in [0.05, 0.1) is 12.8 Å². The molecule has 0 saturated carbocycles. The van der Waals surface area contributed by atoms with Gasteiger partial charge in [-0.25, -0.2) is 0 Å². The molecule has 0 bridgehead atoms. The first kappa shape index (κ1) is 22.9. The lowest BCUT2D eigenvalue weighted by molar-refractivity contribution is 0.101. The van der Waals surface area contributed by atoms with Crippen LogP contribution in [0.2, 0.25) is 0 Å². The maximum Gasteiger partial charge on any atom is 0.295 e. The fourth-order valence-corrected chi connectivity index (χ4v) is 3.06. The zero-order chi connectivity index (χ0) is 23.3. The molecular formula is C24H27N3O5. The SMILES string of the molecule is COc1ccc(COc2ccc(C(C)=O)c(NC(=O)c3coc(NC(C)C)n3)c2C)cc1. The summed E-state index contributed by atoms with van der Waals surface area (Å²) in [5, 5.41) is 5.78. The van der Waals surface area contributed by atoms with Crippen LogP contribution < -0.4 is 20.1 Å². The van der Waals surface area contributed by atoms with E-state index in [0.717, 1.165) is 11.3 Å². The molecule has 3 rings (SSSR count). The summed E-state index contributed by atoms with van der Waals surface area (Å²) in [4.78, 5) is 29.1. The number of nitrogens with one attached hydrogen (secondary N) is 2. The first-order valence-electron chi connectivity index (χ1n) is 10.2. The van der Waals surface area contributed by atoms with Crippen LogP contribution in [0.25, 0.3) is 0 Å². The largest absolute Gasteiger partial charge is 0.497 e. The lowest BCUT2D eigenvalue weighted by atomic mass is 10.0. The predicted octanol–water partition coefficient (Wildman–Crippen LogP) is 4.85. The molecule has 32 heavy (non-hydrogen) atoms. The molecule has 1 heterocycles. The van der Waals surface area contributed by atoms with Gasteiger partial charge in [0.2, 0.25) is 0 Å². The highest BCUT2D eigenvalue weighted by molar-refractivity contribution is 6.09. The molecule has 2 aromatic carbocycles. The lowest BCUT2D eigenvalue weighted by Gasteiger charge is -2.16. The highest BCUT2D eigenvalue weighted by Crippen LogP contribution is 2.31. The maximum absolute atomic E-state index is 12.8. The van der Waals surface area contributed by atoms with Gasteiger partial charge in [-0.15, -0.1) is 0 Å². The van der Waals surface area contributed by atoms with E-state index in [0.29, 0.717) is 29.2 Å². The zero-order valence-electron chi connectivity index (χ0n) is 18.8. The number of hydrogen-bond donors (Lipinski definition) is 2. The monoisotopic (exact) mass is 437 g/mol. The number of aromatic nitrogens is 1. The van der Waals surface area contributed by atoms with Crippen LogP contribution in [0.15, 0.2) is 47.1 Å². The Morgan fingerprint density at radius 3 is 2.47 bits per heavy atom. The highest BCUT2D eigenvalue weighted by Gasteiger charge is 2.19. The summed E-state index contributed by atoms with van der Waals surface area (Å²) in [6.07, 6.45) is 1.27. The van der Waals surface area contributed by atoms with Crippen molar-refractivity contribution in [2.45, 2.75) is 40.3 Å². The summed E-state index contributed by atoms with van der Waals surface area (Å²) in [5.41, 5.74) is 2.47. The summed E-state index contributed by atoms with van der Waals surface area (Å²) in [6, 6.07) is 11.3. The number of amides is 1. The number of methoxy groups -OCH3 is 1. The molecule has 0 fully saturated rings. The summed E-state index contributed by atoms with van der Waals surface area (Å²) in [5.74, 6) is 0.666. The van der Waals surface area contributed by atoms with Crippen molar-refractivity contribution < 1.29 is 23.5 Å². The number of rotatable bonds is 9. The van der Waals surface area contributed by atoms with Crippen LogP contribution in [0.5, 0.6) is 11.5 Å². The fourth-order valence-electron chi connectivity index (χ4n) is 3.06. The molecule has 2 N–H and O–H groups in total. The number of carbonyl (C=O) groups is 2. The standard InChI is InChI=1S/C24H27N3O5/c1-14(2)25-24-26-20(13-32-24)23(29)27-22-15(3)21(11-10-19(22)16(4)28)31-12-17-6-8-18(30-5)9-7-17/h6-11,13-14H,12H2,1-5H3,(H,25,26)(H,27,29). The number of anilines is 2. The molecule has 0 aliphatic rings. The van der Waals surface area contributed by atoms with Crippen molar-refractivity contribution in [3.8, 4) is 11.5 Å². The van der Waals surface area contributed by atoms with Gasteiger partial charge in [0.15, 0.2) is 11.5 Å². The maximum atomic E-state index is 12.8. The van der Waals surface area contributed by atoms with Crippen LogP contribution in [0.1, 0.15) is 52.7 Å². The second-order valence-electron chi connectivity index (χ2n) is 7.60. The van der Waals surface area contributed by atoms with Crippen LogP contribution in [-0.2, 0) is 6.61 Å². The topological polar surface area (TPSA) is 103 Å². The van der Waals surface area contributed by atoms with E-state index in [1.54, 1.807) is 26.2 Å². The predicted molar refractivity (Wildman–Crippen MR) is 122 cm³/mol. The minimum Gasteiger partial charge on any atom is -0.497 e. The summed E-state index contributed by atoms with van der Waals surface area (Å²) in [6.45, 7) is 7.43. The fraction of sp³-hybridized carbons (Fsp3) is 0.292. The third kappa shape index (κ3) is 5.46. The van der Waals surface area contributed by atoms with Gasteiger partial charge in [-0.1, -0.05) is 12.1 Å². The van der Waals surface area contributed by atoms with Crippen molar-refractivity contribution in [2.75, 3.05) is 17.7 Å². The van der Waals surface area contributed by atoms with Gasteiger partial charge < -0.3 is 24.5 Å². The number of benzene rings is 2. The Kier molecular flexibility index (Phi) is 7.14. The molecule has 0 aliphatic carbocycles.